The molecule has 0 saturated carbocycles. The molecule has 35 heavy (non-hydrogen) atoms. The molecule has 1 N–H and O–H groups in total. The number of ketones is 1. The maximum atomic E-state index is 11.9. The minimum absolute atomic E-state index is 0.000636. The van der Waals surface area contributed by atoms with E-state index in [-0.39, 0.29) is 28.9 Å². The molecule has 4 rings (SSSR count). The Kier molecular flexibility index (Phi) is 8.39. The molecule has 184 valence electrons. The van der Waals surface area contributed by atoms with Crippen LogP contribution in [0, 0.1) is 5.92 Å². The van der Waals surface area contributed by atoms with Gasteiger partial charge < -0.3 is 0 Å². The zero-order valence-electron chi connectivity index (χ0n) is 21.4. The minimum atomic E-state index is -0.141. The molecule has 6 heteroatoms. The highest BCUT2D eigenvalue weighted by atomic mass is 32.1. The fourth-order valence-corrected chi connectivity index (χ4v) is 4.95. The van der Waals surface area contributed by atoms with E-state index in [0.29, 0.717) is 12.8 Å². The number of thiazole rings is 1. The number of hydrogen-bond donors (Lipinski definition) is 1. The number of carbonyl (C=O) groups excluding carboxylic acids is 3. The smallest absolute Gasteiger partial charge is 0.229 e. The summed E-state index contributed by atoms with van der Waals surface area (Å²) in [5, 5.41) is 3.38. The molecule has 1 unspecified atom stereocenters. The van der Waals surface area contributed by atoms with Gasteiger partial charge in [-0.1, -0.05) is 77.1 Å². The number of piperidine rings is 1. The molecule has 1 aromatic heterocycles. The van der Waals surface area contributed by atoms with Gasteiger partial charge in [-0.2, -0.15) is 0 Å². The maximum absolute atomic E-state index is 11.9. The van der Waals surface area contributed by atoms with Crippen LogP contribution in [0.15, 0.2) is 48.5 Å². The van der Waals surface area contributed by atoms with Crippen molar-refractivity contribution in [2.75, 3.05) is 0 Å². The van der Waals surface area contributed by atoms with Crippen LogP contribution in [0.2, 0.25) is 0 Å². The molecule has 1 atom stereocenters. The Hall–Kier alpha value is -3.12. The monoisotopic (exact) mass is 490 g/mol. The van der Waals surface area contributed by atoms with E-state index in [2.05, 4.69) is 63.3 Å². The summed E-state index contributed by atoms with van der Waals surface area (Å²) >= 11 is 1.76. The molecule has 2 aromatic carbocycles. The van der Waals surface area contributed by atoms with Gasteiger partial charge in [-0.3, -0.25) is 19.7 Å². The predicted molar refractivity (Wildman–Crippen MR) is 143 cm³/mol. The van der Waals surface area contributed by atoms with Gasteiger partial charge in [0.1, 0.15) is 0 Å². The Morgan fingerprint density at radius 3 is 2.31 bits per heavy atom. The lowest BCUT2D eigenvalue weighted by Crippen LogP contribution is -2.39. The lowest BCUT2D eigenvalue weighted by molar-refractivity contribution is -0.135. The van der Waals surface area contributed by atoms with Gasteiger partial charge in [-0.05, 0) is 37.0 Å². The van der Waals surface area contributed by atoms with E-state index in [1.165, 1.54) is 10.4 Å². The first-order valence-corrected chi connectivity index (χ1v) is 12.9. The van der Waals surface area contributed by atoms with Crippen LogP contribution in [0.4, 0.5) is 0 Å². The van der Waals surface area contributed by atoms with Crippen molar-refractivity contribution in [1.82, 2.24) is 10.3 Å². The highest BCUT2D eigenvalue weighted by Crippen LogP contribution is 2.41. The molecular formula is C29H34N2O3S. The van der Waals surface area contributed by atoms with Crippen molar-refractivity contribution < 1.29 is 14.4 Å². The Bertz CT molecular complexity index is 1220. The number of nitrogens with one attached hydrogen (secondary N) is 1. The third-order valence-electron chi connectivity index (χ3n) is 5.96. The van der Waals surface area contributed by atoms with Crippen molar-refractivity contribution in [3.05, 3.63) is 64.7 Å². The molecule has 5 nitrogen and oxygen atoms in total. The summed E-state index contributed by atoms with van der Waals surface area (Å²) in [6.45, 7) is 12.1. The van der Waals surface area contributed by atoms with Crippen LogP contribution in [0.3, 0.4) is 0 Å². The number of amides is 2. The van der Waals surface area contributed by atoms with Gasteiger partial charge in [0.2, 0.25) is 11.8 Å². The molecule has 0 radical (unpaired) electrons. The fraction of sp³-hybridized carbons (Fsp3) is 0.379. The Labute approximate surface area is 212 Å². The molecule has 1 aliphatic heterocycles. The Morgan fingerprint density at radius 2 is 1.77 bits per heavy atom. The molecule has 0 bridgehead atoms. The first kappa shape index (κ1) is 26.5. The Morgan fingerprint density at radius 1 is 1.09 bits per heavy atom. The topological polar surface area (TPSA) is 76.1 Å². The van der Waals surface area contributed by atoms with E-state index < -0.39 is 0 Å². The van der Waals surface area contributed by atoms with Crippen LogP contribution < -0.4 is 5.32 Å². The van der Waals surface area contributed by atoms with Crippen LogP contribution in [0.25, 0.3) is 21.7 Å². The third-order valence-corrected chi connectivity index (χ3v) is 7.49. The summed E-state index contributed by atoms with van der Waals surface area (Å²) in [5.74, 6) is -0.141. The fourth-order valence-electron chi connectivity index (χ4n) is 3.80. The number of Topliss-reactive ketones (excluding diaryl/α,β-unsaturated/α-hetero) is 1. The first-order chi connectivity index (χ1) is 16.5. The van der Waals surface area contributed by atoms with Crippen molar-refractivity contribution in [3.8, 4) is 21.7 Å². The van der Waals surface area contributed by atoms with Crippen LogP contribution in [0.1, 0.15) is 75.3 Å². The van der Waals surface area contributed by atoms with E-state index in [0.717, 1.165) is 33.8 Å². The summed E-state index contributed by atoms with van der Waals surface area (Å²) < 4.78 is 0. The van der Waals surface area contributed by atoms with E-state index in [1.54, 1.807) is 18.3 Å². The van der Waals surface area contributed by atoms with Crippen molar-refractivity contribution in [2.24, 2.45) is 5.92 Å². The molecule has 2 heterocycles. The number of nitrogens with zero attached hydrogens (tertiary/aromatic N) is 1. The quantitative estimate of drug-likeness (QED) is 0.330. The standard InChI is InChI=1S/C23H25NOS.C6H9NO2/c1-6-16-14-18(12-13-19(16)15(2)25)20-21(17-10-8-7-9-11-17)26-22(24-20)23(3,4)5;1-4-2-3-5(8)7-6(4)9/h7-14H,6H2,1-5H3;4H,2-3H2,1H3,(H,7,8,9). The number of benzene rings is 2. The zero-order chi connectivity index (χ0) is 25.8. The second-order valence-corrected chi connectivity index (χ2v) is 10.9. The molecule has 2 amide bonds. The molecular weight excluding hydrogens is 456 g/mol. The second kappa shape index (κ2) is 11.1. The van der Waals surface area contributed by atoms with Gasteiger partial charge in [0.15, 0.2) is 5.78 Å². The molecule has 1 aliphatic rings. The number of imide groups is 1. The molecule has 0 spiro atoms. The SMILES string of the molecule is CC1CCC(=O)NC1=O.CCc1cc(-c2nc(C(C)(C)C)sc2-c2ccccc2)ccc1C(C)=O. The van der Waals surface area contributed by atoms with Gasteiger partial charge >= 0.3 is 0 Å². The average molecular weight is 491 g/mol. The molecule has 1 saturated heterocycles. The van der Waals surface area contributed by atoms with Gasteiger partial charge in [-0.25, -0.2) is 4.98 Å². The Balaban J connectivity index is 0.000000320. The van der Waals surface area contributed by atoms with Crippen molar-refractivity contribution in [2.45, 2.75) is 66.2 Å². The third kappa shape index (κ3) is 6.51. The maximum Gasteiger partial charge on any atom is 0.229 e. The lowest BCUT2D eigenvalue weighted by atomic mass is 9.96. The summed E-state index contributed by atoms with van der Waals surface area (Å²) in [7, 11) is 0. The lowest BCUT2D eigenvalue weighted by Gasteiger charge is -2.15. The molecule has 3 aromatic rings. The van der Waals surface area contributed by atoms with Crippen LogP contribution in [0.5, 0.6) is 0 Å². The van der Waals surface area contributed by atoms with Crippen molar-refractivity contribution in [1.29, 1.82) is 0 Å². The predicted octanol–water partition coefficient (Wildman–Crippen LogP) is 6.60. The minimum Gasteiger partial charge on any atom is -0.296 e. The largest absolute Gasteiger partial charge is 0.296 e. The van der Waals surface area contributed by atoms with E-state index in [4.69, 9.17) is 4.98 Å². The highest BCUT2D eigenvalue weighted by Gasteiger charge is 2.24. The summed E-state index contributed by atoms with van der Waals surface area (Å²) in [6, 6.07) is 16.5. The van der Waals surface area contributed by atoms with Crippen molar-refractivity contribution in [3.63, 3.8) is 0 Å². The number of rotatable bonds is 4. The summed E-state index contributed by atoms with van der Waals surface area (Å²) in [4.78, 5) is 39.2. The molecule has 1 fully saturated rings. The van der Waals surface area contributed by atoms with Crippen LogP contribution >= 0.6 is 11.3 Å². The highest BCUT2D eigenvalue weighted by molar-refractivity contribution is 7.15. The first-order valence-electron chi connectivity index (χ1n) is 12.1. The van der Waals surface area contributed by atoms with Gasteiger partial charge in [-0.15, -0.1) is 11.3 Å². The number of aryl methyl sites for hydroxylation is 1. The number of aromatic nitrogens is 1. The average Bonchev–Trinajstić information content (AvgIpc) is 3.28. The summed E-state index contributed by atoms with van der Waals surface area (Å²) in [5.41, 5.74) is 5.17. The van der Waals surface area contributed by atoms with E-state index in [1.807, 2.05) is 25.1 Å². The summed E-state index contributed by atoms with van der Waals surface area (Å²) in [6.07, 6.45) is 2.03. The zero-order valence-corrected chi connectivity index (χ0v) is 22.2. The van der Waals surface area contributed by atoms with Gasteiger partial charge in [0, 0.05) is 28.9 Å². The van der Waals surface area contributed by atoms with Crippen LogP contribution in [-0.2, 0) is 21.4 Å². The van der Waals surface area contributed by atoms with Gasteiger partial charge in [0.25, 0.3) is 0 Å². The molecule has 0 aliphatic carbocycles. The van der Waals surface area contributed by atoms with Crippen LogP contribution in [-0.4, -0.2) is 22.6 Å². The van der Waals surface area contributed by atoms with E-state index >= 15 is 0 Å². The van der Waals surface area contributed by atoms with Crippen molar-refractivity contribution >= 4 is 28.9 Å². The van der Waals surface area contributed by atoms with E-state index in [9.17, 15) is 14.4 Å². The second-order valence-electron chi connectivity index (χ2n) is 9.95. The van der Waals surface area contributed by atoms with Gasteiger partial charge in [0.05, 0.1) is 15.6 Å². The normalized spacial score (nSPS) is 15.8. The number of hydrogen-bond acceptors (Lipinski definition) is 5. The number of carbonyl (C=O) groups is 3.